The van der Waals surface area contributed by atoms with Crippen LogP contribution in [0.1, 0.15) is 48.5 Å². The summed E-state index contributed by atoms with van der Waals surface area (Å²) >= 11 is 0. The molecule has 0 aromatic carbocycles. The molecule has 0 radical (unpaired) electrons. The van der Waals surface area contributed by atoms with Crippen LogP contribution in [0.25, 0.3) is 0 Å². The lowest BCUT2D eigenvalue weighted by atomic mass is 10.1. The van der Waals surface area contributed by atoms with Crippen molar-refractivity contribution in [2.45, 2.75) is 33.4 Å². The van der Waals surface area contributed by atoms with Gasteiger partial charge in [0.25, 0.3) is 0 Å². The number of rotatable bonds is 2. The Labute approximate surface area is 56.0 Å². The van der Waals surface area contributed by atoms with E-state index in [1.165, 1.54) is 0 Å². The first-order chi connectivity index (χ1) is 7.00. The minimum atomic E-state index is -3.29. The quantitative estimate of drug-likeness (QED) is 0.496. The van der Waals surface area contributed by atoms with Crippen molar-refractivity contribution >= 4 is 0 Å². The summed E-state index contributed by atoms with van der Waals surface area (Å²) in [5.41, 5.74) is 0. The molecule has 0 bridgehead atoms. The van der Waals surface area contributed by atoms with Crippen LogP contribution in [-0.2, 0) is 0 Å². The fraction of sp³-hybridized carbons (Fsp3) is 1.00. The van der Waals surface area contributed by atoms with Crippen molar-refractivity contribution in [1.29, 1.82) is 0 Å². The van der Waals surface area contributed by atoms with E-state index in [9.17, 15) is 0 Å². The molecule has 0 saturated heterocycles. The summed E-state index contributed by atoms with van der Waals surface area (Å²) in [5, 5.41) is 0. The Morgan fingerprint density at radius 1 is 1.83 bits per heavy atom. The van der Waals surface area contributed by atoms with Crippen LogP contribution in [0, 0.1) is 5.89 Å². The van der Waals surface area contributed by atoms with Gasteiger partial charge in [-0.25, -0.2) is 0 Å². The van der Waals surface area contributed by atoms with Crippen LogP contribution < -0.4 is 0 Å². The topological polar surface area (TPSA) is 0 Å². The van der Waals surface area contributed by atoms with E-state index < -0.39 is 32.3 Å². The fourth-order valence-electron chi connectivity index (χ4n) is 0.0312. The molecule has 0 unspecified atom stereocenters. The largest absolute Gasteiger partial charge is 0.0651 e. The Morgan fingerprint density at radius 2 is 2.33 bits per heavy atom. The van der Waals surface area contributed by atoms with E-state index in [1.54, 1.807) is 0 Å². The van der Waals surface area contributed by atoms with Gasteiger partial charge in [-0.3, -0.25) is 0 Å². The molecule has 0 fully saturated rings. The third-order valence-electron chi connectivity index (χ3n) is 0.375. The average molecular weight is 97.2 g/mol. The zero-order valence-corrected chi connectivity index (χ0v) is 3.50. The maximum Gasteiger partial charge on any atom is 0.0300 e. The van der Waals surface area contributed by atoms with Gasteiger partial charge in [0.2, 0.25) is 0 Å². The molecule has 0 aromatic rings. The van der Waals surface area contributed by atoms with E-state index in [-0.39, 0.29) is 0 Å². The predicted molar refractivity (Wildman–Crippen MR) is 29.7 cm³/mol. The third kappa shape index (κ3) is 2.25. The SMILES string of the molecule is [2H]C([2H])([2H])C([2H])([2H])C([2H])(C)C([2H])([2H])C([2H])([2H])[2H]. The molecule has 0 rings (SSSR count). The van der Waals surface area contributed by atoms with E-state index in [0.29, 0.717) is 6.92 Å². The van der Waals surface area contributed by atoms with E-state index in [0.717, 1.165) is 0 Å². The summed E-state index contributed by atoms with van der Waals surface area (Å²) in [5.74, 6) is -2.95. The Morgan fingerprint density at radius 3 is 2.67 bits per heavy atom. The van der Waals surface area contributed by atoms with Crippen molar-refractivity contribution < 1.29 is 15.1 Å². The molecule has 0 atom stereocenters. The molecule has 0 aromatic heterocycles. The second-order valence-corrected chi connectivity index (χ2v) is 0.875. The standard InChI is InChI=1S/C6H14/c1-4-6(3)5-2/h6H,4-5H2,1-3H3/i1D3,2D3,4D2,5D2,6D. The molecule has 38 valence electrons. The van der Waals surface area contributed by atoms with Gasteiger partial charge in [0.15, 0.2) is 0 Å². The third-order valence-corrected chi connectivity index (χ3v) is 0.375. The highest BCUT2D eigenvalue weighted by Crippen LogP contribution is 2.02. The maximum absolute atomic E-state index is 7.57. The van der Waals surface area contributed by atoms with Crippen molar-refractivity contribution in [3.05, 3.63) is 0 Å². The molecular weight excluding hydrogens is 72.1 g/mol. The molecule has 0 heterocycles. The highest BCUT2D eigenvalue weighted by molar-refractivity contribution is 4.41. The van der Waals surface area contributed by atoms with Gasteiger partial charge in [0, 0.05) is 15.1 Å². The van der Waals surface area contributed by atoms with Gasteiger partial charge >= 0.3 is 0 Å². The van der Waals surface area contributed by atoms with E-state index in [2.05, 4.69) is 0 Å². The molecule has 0 aliphatic heterocycles. The second kappa shape index (κ2) is 3.20. The molecule has 6 heavy (non-hydrogen) atoms. The first-order valence-corrected chi connectivity index (χ1v) is 1.50. The molecular formula is C6H14. The van der Waals surface area contributed by atoms with Gasteiger partial charge < -0.3 is 0 Å². The molecule has 0 spiro atoms. The van der Waals surface area contributed by atoms with Gasteiger partial charge in [-0.05, 0) is 5.89 Å². The minimum Gasteiger partial charge on any atom is -0.0651 e. The Bertz CT molecular complexity index is 251. The molecule has 0 aliphatic carbocycles. The number of hydrogen-bond acceptors (Lipinski definition) is 0. The van der Waals surface area contributed by atoms with E-state index in [4.69, 9.17) is 15.1 Å². The van der Waals surface area contributed by atoms with E-state index in [1.807, 2.05) is 0 Å². The van der Waals surface area contributed by atoms with Gasteiger partial charge in [-0.1, -0.05) is 33.4 Å². The monoisotopic (exact) mass is 97.2 g/mol. The van der Waals surface area contributed by atoms with E-state index >= 15 is 0 Å². The summed E-state index contributed by atoms with van der Waals surface area (Å²) in [4.78, 5) is 0. The lowest BCUT2D eigenvalue weighted by Crippen LogP contribution is -1.85. The summed E-state index contributed by atoms with van der Waals surface area (Å²) in [7, 11) is 0. The molecule has 0 saturated carbocycles. The fourth-order valence-corrected chi connectivity index (χ4v) is 0.0312. The summed E-state index contributed by atoms with van der Waals surface area (Å²) < 4.78 is 78.7. The van der Waals surface area contributed by atoms with Crippen LogP contribution in [-0.4, -0.2) is 0 Å². The summed E-state index contributed by atoms with van der Waals surface area (Å²) in [6.45, 7) is -5.93. The molecule has 0 N–H and O–H groups in total. The van der Waals surface area contributed by atoms with Crippen molar-refractivity contribution in [2.24, 2.45) is 5.89 Å². The van der Waals surface area contributed by atoms with Crippen molar-refractivity contribution in [3.63, 3.8) is 0 Å². The molecule has 0 heteroatoms. The van der Waals surface area contributed by atoms with Crippen molar-refractivity contribution in [2.75, 3.05) is 0 Å². The lowest BCUT2D eigenvalue weighted by Gasteiger charge is -1.98. The van der Waals surface area contributed by atoms with Gasteiger partial charge in [-0.15, -0.1) is 0 Å². The summed E-state index contributed by atoms with van der Waals surface area (Å²) in [6.07, 6.45) is -6.59. The first kappa shape index (κ1) is 0.586. The Hall–Kier alpha value is 0. The predicted octanol–water partition coefficient (Wildman–Crippen LogP) is 2.44. The average Bonchev–Trinajstić information content (AvgIpc) is 1.98. The molecule has 0 amide bonds. The Kier molecular flexibility index (Phi) is 0.312. The zero-order chi connectivity index (χ0) is 14.5. The van der Waals surface area contributed by atoms with Crippen LogP contribution in [0.15, 0.2) is 0 Å². The zero-order valence-electron chi connectivity index (χ0n) is 14.5. The summed E-state index contributed by atoms with van der Waals surface area (Å²) in [6, 6.07) is 0. The van der Waals surface area contributed by atoms with Crippen LogP contribution >= 0.6 is 0 Å². The highest BCUT2D eigenvalue weighted by Gasteiger charge is 1.88. The highest BCUT2D eigenvalue weighted by atomic mass is 13.9. The van der Waals surface area contributed by atoms with Gasteiger partial charge in [0.05, 0.1) is 0 Å². The van der Waals surface area contributed by atoms with Gasteiger partial charge in [0.1, 0.15) is 0 Å². The minimum absolute atomic E-state index is 0.645. The molecule has 0 aliphatic rings. The first-order valence-electron chi connectivity index (χ1n) is 7.00. The van der Waals surface area contributed by atoms with Gasteiger partial charge in [-0.2, -0.15) is 0 Å². The number of hydrogen-bond donors (Lipinski definition) is 0. The lowest BCUT2D eigenvalue weighted by molar-refractivity contribution is 0.544. The van der Waals surface area contributed by atoms with Crippen LogP contribution in [0.3, 0.4) is 0 Å². The smallest absolute Gasteiger partial charge is 0.0300 e. The van der Waals surface area contributed by atoms with Crippen LogP contribution in [0.2, 0.25) is 0 Å². The van der Waals surface area contributed by atoms with Crippen molar-refractivity contribution in [3.8, 4) is 0 Å². The normalized spacial score (nSPS) is 47.8. The second-order valence-electron chi connectivity index (χ2n) is 0.875. The van der Waals surface area contributed by atoms with Crippen LogP contribution in [0.4, 0.5) is 0 Å². The molecule has 0 nitrogen and oxygen atoms in total. The maximum atomic E-state index is 7.57. The Balaban J connectivity index is 5.73. The van der Waals surface area contributed by atoms with Crippen molar-refractivity contribution in [1.82, 2.24) is 0 Å². The van der Waals surface area contributed by atoms with Crippen LogP contribution in [0.5, 0.6) is 0 Å².